The molecule has 0 spiro atoms. The van der Waals surface area contributed by atoms with Gasteiger partial charge in [0.15, 0.2) is 5.13 Å². The van der Waals surface area contributed by atoms with Crippen molar-refractivity contribution in [2.75, 3.05) is 17.2 Å². The number of aryl methyl sites for hydroxylation is 1. The molecule has 0 bridgehead atoms. The first kappa shape index (κ1) is 19.9. The Bertz CT molecular complexity index is 972. The molecule has 6 nitrogen and oxygen atoms in total. The van der Waals surface area contributed by atoms with E-state index in [1.165, 1.54) is 11.3 Å². The lowest BCUT2D eigenvalue weighted by atomic mass is 10.1. The van der Waals surface area contributed by atoms with Gasteiger partial charge in [0.05, 0.1) is 0 Å². The van der Waals surface area contributed by atoms with Gasteiger partial charge in [-0.3, -0.25) is 10.1 Å². The first-order chi connectivity index (χ1) is 13.5. The molecule has 0 saturated heterocycles. The Labute approximate surface area is 172 Å². The topological polar surface area (TPSA) is 83.1 Å². The van der Waals surface area contributed by atoms with Crippen LogP contribution in [0.2, 0.25) is 5.02 Å². The van der Waals surface area contributed by atoms with E-state index in [1.807, 2.05) is 49.4 Å². The van der Waals surface area contributed by atoms with Gasteiger partial charge in [0, 0.05) is 22.6 Å². The molecule has 2 aromatic carbocycles. The number of urea groups is 1. The molecule has 0 unspecified atom stereocenters. The quantitative estimate of drug-likeness (QED) is 0.545. The first-order valence-electron chi connectivity index (χ1n) is 8.62. The zero-order valence-corrected chi connectivity index (χ0v) is 16.7. The number of thiazole rings is 1. The lowest BCUT2D eigenvalue weighted by Crippen LogP contribution is -2.26. The number of carbonyl (C=O) groups excluding carboxylic acids is 2. The van der Waals surface area contributed by atoms with Crippen molar-refractivity contribution in [2.24, 2.45) is 0 Å². The predicted molar refractivity (Wildman–Crippen MR) is 113 cm³/mol. The summed E-state index contributed by atoms with van der Waals surface area (Å²) >= 11 is 7.05. The van der Waals surface area contributed by atoms with Crippen LogP contribution >= 0.6 is 22.9 Å². The molecule has 28 heavy (non-hydrogen) atoms. The van der Waals surface area contributed by atoms with Gasteiger partial charge < -0.3 is 10.6 Å². The van der Waals surface area contributed by atoms with Gasteiger partial charge in [-0.05, 0) is 48.7 Å². The van der Waals surface area contributed by atoms with Crippen LogP contribution in [-0.4, -0.2) is 23.5 Å². The number of hydrogen-bond acceptors (Lipinski definition) is 4. The second kappa shape index (κ2) is 9.34. The molecular weight excluding hydrogens is 396 g/mol. The number of amides is 3. The van der Waals surface area contributed by atoms with E-state index in [2.05, 4.69) is 20.9 Å². The summed E-state index contributed by atoms with van der Waals surface area (Å²) in [7, 11) is 0. The summed E-state index contributed by atoms with van der Waals surface area (Å²) in [4.78, 5) is 28.4. The molecule has 3 amide bonds. The molecule has 1 aromatic heterocycles. The summed E-state index contributed by atoms with van der Waals surface area (Å²) in [5, 5.41) is 10.8. The van der Waals surface area contributed by atoms with Crippen molar-refractivity contribution in [3.05, 3.63) is 75.8 Å². The zero-order valence-electron chi connectivity index (χ0n) is 15.2. The van der Waals surface area contributed by atoms with E-state index in [0.29, 0.717) is 28.8 Å². The van der Waals surface area contributed by atoms with Crippen molar-refractivity contribution in [1.29, 1.82) is 0 Å². The Morgan fingerprint density at radius 2 is 1.89 bits per heavy atom. The van der Waals surface area contributed by atoms with Crippen LogP contribution in [0.15, 0.2) is 53.9 Å². The highest BCUT2D eigenvalue weighted by Crippen LogP contribution is 2.16. The molecule has 1 heterocycles. The number of benzene rings is 2. The molecule has 0 fully saturated rings. The first-order valence-corrected chi connectivity index (χ1v) is 9.88. The zero-order chi connectivity index (χ0) is 19.9. The van der Waals surface area contributed by atoms with E-state index in [0.717, 1.165) is 11.1 Å². The number of anilines is 2. The standard InChI is InChI=1S/C20H19ClN4O2S/c1-13-3-2-4-16(11-13)23-19(27)25-20-24-17(12-28-20)18(26)22-10-9-14-5-7-15(21)8-6-14/h2-8,11-12H,9-10H2,1H3,(H,22,26)(H2,23,24,25,27). The van der Waals surface area contributed by atoms with Gasteiger partial charge in [-0.25, -0.2) is 9.78 Å². The number of rotatable bonds is 6. The minimum atomic E-state index is -0.408. The van der Waals surface area contributed by atoms with Gasteiger partial charge in [-0.15, -0.1) is 11.3 Å². The molecule has 0 radical (unpaired) electrons. The van der Waals surface area contributed by atoms with Crippen molar-refractivity contribution in [1.82, 2.24) is 10.3 Å². The van der Waals surface area contributed by atoms with Crippen molar-refractivity contribution in [3.63, 3.8) is 0 Å². The van der Waals surface area contributed by atoms with E-state index in [4.69, 9.17) is 11.6 Å². The summed E-state index contributed by atoms with van der Waals surface area (Å²) in [5.41, 5.74) is 3.09. The van der Waals surface area contributed by atoms with Crippen LogP contribution in [0.1, 0.15) is 21.6 Å². The van der Waals surface area contributed by atoms with Gasteiger partial charge in [-0.2, -0.15) is 0 Å². The van der Waals surface area contributed by atoms with E-state index in [9.17, 15) is 9.59 Å². The maximum Gasteiger partial charge on any atom is 0.325 e. The van der Waals surface area contributed by atoms with E-state index >= 15 is 0 Å². The summed E-state index contributed by atoms with van der Waals surface area (Å²) < 4.78 is 0. The highest BCUT2D eigenvalue weighted by Gasteiger charge is 2.12. The Hall–Kier alpha value is -2.90. The van der Waals surface area contributed by atoms with Gasteiger partial charge in [0.25, 0.3) is 5.91 Å². The van der Waals surface area contributed by atoms with Crippen molar-refractivity contribution in [2.45, 2.75) is 13.3 Å². The molecule has 8 heteroatoms. The summed E-state index contributed by atoms with van der Waals surface area (Å²) in [6.07, 6.45) is 0.692. The van der Waals surface area contributed by atoms with Crippen molar-refractivity contribution >= 4 is 45.7 Å². The molecule has 3 rings (SSSR count). The Morgan fingerprint density at radius 1 is 1.11 bits per heavy atom. The van der Waals surface area contributed by atoms with Crippen LogP contribution in [0.25, 0.3) is 0 Å². The predicted octanol–water partition coefficient (Wildman–Crippen LogP) is 4.72. The molecular formula is C20H19ClN4O2S. The van der Waals surface area contributed by atoms with Crippen LogP contribution in [0, 0.1) is 6.92 Å². The van der Waals surface area contributed by atoms with Crippen LogP contribution in [0.5, 0.6) is 0 Å². The normalized spacial score (nSPS) is 10.4. The average molecular weight is 415 g/mol. The molecule has 0 saturated carbocycles. The maximum absolute atomic E-state index is 12.2. The molecule has 0 aliphatic heterocycles. The van der Waals surface area contributed by atoms with Crippen LogP contribution in [0.4, 0.5) is 15.6 Å². The van der Waals surface area contributed by atoms with Crippen LogP contribution in [-0.2, 0) is 6.42 Å². The van der Waals surface area contributed by atoms with Crippen molar-refractivity contribution in [3.8, 4) is 0 Å². The van der Waals surface area contributed by atoms with E-state index < -0.39 is 6.03 Å². The fourth-order valence-corrected chi connectivity index (χ4v) is 3.29. The van der Waals surface area contributed by atoms with E-state index in [1.54, 1.807) is 11.4 Å². The SMILES string of the molecule is Cc1cccc(NC(=O)Nc2nc(C(=O)NCCc3ccc(Cl)cc3)cs2)c1. The Morgan fingerprint density at radius 3 is 2.64 bits per heavy atom. The van der Waals surface area contributed by atoms with Crippen LogP contribution < -0.4 is 16.0 Å². The minimum absolute atomic E-state index is 0.270. The Balaban J connectivity index is 1.48. The molecule has 3 N–H and O–H groups in total. The smallest absolute Gasteiger partial charge is 0.325 e. The van der Waals surface area contributed by atoms with Gasteiger partial charge in [-0.1, -0.05) is 35.9 Å². The number of aromatic nitrogens is 1. The van der Waals surface area contributed by atoms with E-state index in [-0.39, 0.29) is 11.6 Å². The van der Waals surface area contributed by atoms with Crippen molar-refractivity contribution < 1.29 is 9.59 Å². The monoisotopic (exact) mass is 414 g/mol. The van der Waals surface area contributed by atoms with Gasteiger partial charge in [0.1, 0.15) is 5.69 Å². The third-order valence-corrected chi connectivity index (χ3v) is 4.86. The summed E-state index contributed by atoms with van der Waals surface area (Å²) in [6, 6.07) is 14.5. The fourth-order valence-electron chi connectivity index (χ4n) is 2.48. The third kappa shape index (κ3) is 5.80. The average Bonchev–Trinajstić information content (AvgIpc) is 3.11. The number of nitrogens with one attached hydrogen (secondary N) is 3. The summed E-state index contributed by atoms with van der Waals surface area (Å²) in [6.45, 7) is 2.43. The molecule has 0 aliphatic carbocycles. The second-order valence-corrected chi connectivity index (χ2v) is 7.41. The largest absolute Gasteiger partial charge is 0.350 e. The molecule has 0 aliphatic rings. The van der Waals surface area contributed by atoms with Gasteiger partial charge >= 0.3 is 6.03 Å². The number of halogens is 1. The third-order valence-electron chi connectivity index (χ3n) is 3.85. The molecule has 144 valence electrons. The number of carbonyl (C=O) groups is 2. The molecule has 0 atom stereocenters. The fraction of sp³-hybridized carbons (Fsp3) is 0.150. The minimum Gasteiger partial charge on any atom is -0.350 e. The highest BCUT2D eigenvalue weighted by atomic mass is 35.5. The van der Waals surface area contributed by atoms with Crippen LogP contribution in [0.3, 0.4) is 0 Å². The maximum atomic E-state index is 12.2. The highest BCUT2D eigenvalue weighted by molar-refractivity contribution is 7.14. The number of nitrogens with zero attached hydrogens (tertiary/aromatic N) is 1. The molecule has 3 aromatic rings. The summed E-state index contributed by atoms with van der Waals surface area (Å²) in [5.74, 6) is -0.280. The Kier molecular flexibility index (Phi) is 6.62. The van der Waals surface area contributed by atoms with Gasteiger partial charge in [0.2, 0.25) is 0 Å². The number of hydrogen-bond donors (Lipinski definition) is 3. The lowest BCUT2D eigenvalue weighted by Gasteiger charge is -2.06. The lowest BCUT2D eigenvalue weighted by molar-refractivity contribution is 0.0950. The second-order valence-electron chi connectivity index (χ2n) is 6.12.